The molecule has 4 nitrogen and oxygen atoms in total. The summed E-state index contributed by atoms with van der Waals surface area (Å²) >= 11 is 0.230. The Balaban J connectivity index is -0.000000448. The van der Waals surface area contributed by atoms with Gasteiger partial charge in [-0.3, -0.25) is 0 Å². The van der Waals surface area contributed by atoms with E-state index in [0.717, 1.165) is 38.5 Å². The van der Waals surface area contributed by atoms with E-state index in [1.807, 2.05) is 0 Å². The number of unbranched alkanes of at least 4 members (excludes halogenated alkanes) is 8. The maximum absolute atomic E-state index is 10.1. The van der Waals surface area contributed by atoms with Crippen molar-refractivity contribution in [1.82, 2.24) is 0 Å². The first-order valence-corrected chi connectivity index (χ1v) is 17.9. The maximum atomic E-state index is 10.1. The van der Waals surface area contributed by atoms with Crippen LogP contribution in [0.5, 0.6) is 0 Å². The van der Waals surface area contributed by atoms with Crippen molar-refractivity contribution in [1.29, 1.82) is 0 Å². The van der Waals surface area contributed by atoms with Crippen LogP contribution in [0, 0.1) is 10.8 Å². The second-order valence-electron chi connectivity index (χ2n) is 10.9. The van der Waals surface area contributed by atoms with Gasteiger partial charge in [-0.1, -0.05) is 92.9 Å². The van der Waals surface area contributed by atoms with E-state index >= 15 is 0 Å². The minimum absolute atomic E-state index is 0.221. The Morgan fingerprint density at radius 1 is 0.548 bits per heavy atom. The van der Waals surface area contributed by atoms with Crippen LogP contribution in [0.15, 0.2) is 0 Å². The fourth-order valence-corrected chi connectivity index (χ4v) is 2.91. The number of carbonyl (C=O) groups is 2. The molecular weight excluding hydrogens is 495 g/mol. The fraction of sp³-hybridized carbons (Fsp3) is 0.923. The van der Waals surface area contributed by atoms with Gasteiger partial charge in [0.1, 0.15) is 0 Å². The predicted molar refractivity (Wildman–Crippen MR) is 131 cm³/mol. The van der Waals surface area contributed by atoms with Crippen molar-refractivity contribution >= 4 is 33.1 Å². The van der Waals surface area contributed by atoms with Gasteiger partial charge in [-0.05, 0) is 49.4 Å². The normalized spacial score (nSPS) is 10.8. The summed E-state index contributed by atoms with van der Waals surface area (Å²) in [6.45, 7) is 13.5. The average molecular weight is 547 g/mol. The van der Waals surface area contributed by atoms with Crippen LogP contribution in [0.25, 0.3) is 0 Å². The second kappa shape index (κ2) is 22.9. The van der Waals surface area contributed by atoms with E-state index in [0.29, 0.717) is 10.8 Å². The molecule has 0 bridgehead atoms. The number of carbonyl (C=O) groups excluding carboxylic acids is 2. The molecule has 0 saturated carbocycles. The molecular formula is C26H52O4Sn. The van der Waals surface area contributed by atoms with Crippen molar-refractivity contribution < 1.29 is 19.8 Å². The van der Waals surface area contributed by atoms with Crippen molar-refractivity contribution in [2.75, 3.05) is 0 Å². The number of hydrogen-bond acceptors (Lipinski definition) is 4. The van der Waals surface area contributed by atoms with E-state index in [-0.39, 0.29) is 34.0 Å². The molecule has 0 N–H and O–H groups in total. The third-order valence-electron chi connectivity index (χ3n) is 4.62. The van der Waals surface area contributed by atoms with Crippen LogP contribution in [0.2, 0.25) is 9.88 Å². The summed E-state index contributed by atoms with van der Waals surface area (Å²) in [4.78, 5) is 24.8. The SMILES string of the molecule is CC(C)(C)CCCCCCCC(=O)[O-].CC(C)(C)CCCCCCCC(=O)[O-].[CH3][Sn+2][CH3]. The molecule has 0 atom stereocenters. The van der Waals surface area contributed by atoms with Gasteiger partial charge >= 0.3 is 31.0 Å². The first-order valence-electron chi connectivity index (χ1n) is 12.2. The van der Waals surface area contributed by atoms with Gasteiger partial charge in [0.15, 0.2) is 0 Å². The predicted octanol–water partition coefficient (Wildman–Crippen LogP) is 5.81. The Hall–Kier alpha value is -0.261. The number of hydrogen-bond donors (Lipinski definition) is 0. The van der Waals surface area contributed by atoms with Crippen LogP contribution in [0.3, 0.4) is 0 Å². The Morgan fingerprint density at radius 3 is 1.00 bits per heavy atom. The summed E-state index contributed by atoms with van der Waals surface area (Å²) < 4.78 is 0. The van der Waals surface area contributed by atoms with Gasteiger partial charge in [-0.15, -0.1) is 0 Å². The summed E-state index contributed by atoms with van der Waals surface area (Å²) in [6, 6.07) is 0. The van der Waals surface area contributed by atoms with E-state index in [9.17, 15) is 19.8 Å². The van der Waals surface area contributed by atoms with Crippen LogP contribution in [0.4, 0.5) is 0 Å². The second-order valence-corrected chi connectivity index (χ2v) is 13.8. The van der Waals surface area contributed by atoms with Gasteiger partial charge < -0.3 is 19.8 Å². The zero-order valence-corrected chi connectivity index (χ0v) is 24.9. The Bertz CT molecular complexity index is 371. The van der Waals surface area contributed by atoms with E-state index in [1.54, 1.807) is 0 Å². The van der Waals surface area contributed by atoms with E-state index < -0.39 is 11.9 Å². The van der Waals surface area contributed by atoms with Crippen LogP contribution < -0.4 is 10.2 Å². The molecule has 0 spiro atoms. The van der Waals surface area contributed by atoms with Gasteiger partial charge in [0, 0.05) is 11.9 Å². The zero-order chi connectivity index (χ0) is 24.8. The third-order valence-corrected chi connectivity index (χ3v) is 4.62. The summed E-state index contributed by atoms with van der Waals surface area (Å²) in [6.07, 6.45) is 13.8. The van der Waals surface area contributed by atoms with Gasteiger partial charge in [0.2, 0.25) is 0 Å². The van der Waals surface area contributed by atoms with Gasteiger partial charge in [0.25, 0.3) is 0 Å². The molecule has 0 saturated heterocycles. The summed E-state index contributed by atoms with van der Waals surface area (Å²) in [5, 5.41) is 20.2. The molecule has 0 aliphatic carbocycles. The summed E-state index contributed by atoms with van der Waals surface area (Å²) in [7, 11) is 0. The van der Waals surface area contributed by atoms with Crippen molar-refractivity contribution in [2.24, 2.45) is 10.8 Å². The first kappa shape index (κ1) is 35.3. The third kappa shape index (κ3) is 48.4. The molecule has 0 aliphatic rings. The van der Waals surface area contributed by atoms with Crippen LogP contribution in [-0.2, 0) is 9.59 Å². The van der Waals surface area contributed by atoms with Crippen molar-refractivity contribution in [2.45, 2.75) is 141 Å². The van der Waals surface area contributed by atoms with Gasteiger partial charge in [-0.2, -0.15) is 0 Å². The molecule has 0 aromatic rings. The molecule has 0 radical (unpaired) electrons. The van der Waals surface area contributed by atoms with Crippen molar-refractivity contribution in [3.63, 3.8) is 0 Å². The Morgan fingerprint density at radius 2 is 0.774 bits per heavy atom. The Labute approximate surface area is 204 Å². The van der Waals surface area contributed by atoms with Crippen LogP contribution in [-0.4, -0.2) is 33.1 Å². The average Bonchev–Trinajstić information content (AvgIpc) is 2.59. The minimum atomic E-state index is -0.917. The van der Waals surface area contributed by atoms with Crippen molar-refractivity contribution in [3.05, 3.63) is 0 Å². The molecule has 0 heterocycles. The number of carboxylic acids is 2. The van der Waals surface area contributed by atoms with Crippen LogP contribution in [0.1, 0.15) is 131 Å². The number of aliphatic carboxylic acids is 2. The van der Waals surface area contributed by atoms with Crippen LogP contribution >= 0.6 is 0 Å². The molecule has 5 heteroatoms. The topological polar surface area (TPSA) is 80.3 Å². The molecule has 0 aliphatic heterocycles. The molecule has 0 amide bonds. The molecule has 0 aromatic carbocycles. The monoisotopic (exact) mass is 548 g/mol. The molecule has 0 fully saturated rings. The standard InChI is InChI=1S/2C12H24O2.2CH3.Sn/c2*1-12(2,3)10-8-6-4-5-7-9-11(13)14;;;/h2*4-10H2,1-3H3,(H,13,14);2*1H3;/q;;;;+2/p-2. The summed E-state index contributed by atoms with van der Waals surface area (Å²) in [5.74, 6) is -1.83. The van der Waals surface area contributed by atoms with Gasteiger partial charge in [0.05, 0.1) is 0 Å². The van der Waals surface area contributed by atoms with E-state index in [1.165, 1.54) is 38.5 Å². The fourth-order valence-electron chi connectivity index (χ4n) is 2.91. The van der Waals surface area contributed by atoms with Gasteiger partial charge in [-0.25, -0.2) is 0 Å². The first-order chi connectivity index (χ1) is 14.2. The van der Waals surface area contributed by atoms with E-state index in [2.05, 4.69) is 51.4 Å². The van der Waals surface area contributed by atoms with E-state index in [4.69, 9.17) is 0 Å². The molecule has 0 aromatic heterocycles. The zero-order valence-electron chi connectivity index (χ0n) is 22.0. The molecule has 31 heavy (non-hydrogen) atoms. The van der Waals surface area contributed by atoms with Crippen molar-refractivity contribution in [3.8, 4) is 0 Å². The number of carboxylic acid groups (broad SMARTS) is 2. The number of rotatable bonds is 14. The molecule has 184 valence electrons. The molecule has 0 unspecified atom stereocenters. The summed E-state index contributed by atoms with van der Waals surface area (Å²) in [5.41, 5.74) is 0.871. The quantitative estimate of drug-likeness (QED) is 0.203. The Kier molecular flexibility index (Phi) is 26.1. The molecule has 0 rings (SSSR count).